The van der Waals surface area contributed by atoms with Crippen LogP contribution in [0, 0.1) is 0 Å². The lowest BCUT2D eigenvalue weighted by atomic mass is 10.2. The van der Waals surface area contributed by atoms with Crippen molar-refractivity contribution in [2.45, 2.75) is 26.8 Å². The van der Waals surface area contributed by atoms with Crippen molar-refractivity contribution in [2.75, 3.05) is 53.6 Å². The van der Waals surface area contributed by atoms with Crippen LogP contribution < -0.4 is 15.4 Å². The average Bonchev–Trinajstić information content (AvgIpc) is 2.61. The highest BCUT2D eigenvalue weighted by molar-refractivity contribution is 14.0. The van der Waals surface area contributed by atoms with Crippen LogP contribution in [0.2, 0.25) is 0 Å². The summed E-state index contributed by atoms with van der Waals surface area (Å²) in [5.74, 6) is 1.74. The van der Waals surface area contributed by atoms with Crippen LogP contribution in [0.25, 0.3) is 0 Å². The Bertz CT molecular complexity index is 500. The van der Waals surface area contributed by atoms with E-state index in [0.717, 1.165) is 56.5 Å². The number of ether oxygens (including phenoxy) is 2. The third kappa shape index (κ3) is 10.8. The molecule has 6 nitrogen and oxygen atoms in total. The molecule has 0 saturated heterocycles. The Kier molecular flexibility index (Phi) is 15.5. The van der Waals surface area contributed by atoms with Gasteiger partial charge in [0, 0.05) is 45.5 Å². The highest BCUT2D eigenvalue weighted by Crippen LogP contribution is 2.18. The number of nitrogens with one attached hydrogen (secondary N) is 2. The van der Waals surface area contributed by atoms with Gasteiger partial charge in [-0.2, -0.15) is 0 Å². The van der Waals surface area contributed by atoms with Crippen molar-refractivity contribution >= 4 is 29.9 Å². The number of likely N-dealkylation sites (N-methyl/N-ethyl adjacent to an activating group) is 1. The topological polar surface area (TPSA) is 58.1 Å². The number of rotatable bonds is 12. The Morgan fingerprint density at radius 1 is 1.15 bits per heavy atom. The number of guanidine groups is 1. The summed E-state index contributed by atoms with van der Waals surface area (Å²) in [5.41, 5.74) is 1.10. The summed E-state index contributed by atoms with van der Waals surface area (Å²) in [5, 5.41) is 6.68. The zero-order valence-corrected chi connectivity index (χ0v) is 18.9. The molecule has 7 heteroatoms. The van der Waals surface area contributed by atoms with Gasteiger partial charge in [0.15, 0.2) is 5.96 Å². The highest BCUT2D eigenvalue weighted by Gasteiger charge is 2.04. The minimum atomic E-state index is 0. The molecule has 0 spiro atoms. The molecule has 0 aliphatic rings. The smallest absolute Gasteiger partial charge is 0.191 e. The van der Waals surface area contributed by atoms with E-state index in [9.17, 15) is 0 Å². The largest absolute Gasteiger partial charge is 0.494 e. The summed E-state index contributed by atoms with van der Waals surface area (Å²) in [7, 11) is 3.87. The first-order valence-electron chi connectivity index (χ1n) is 9.11. The predicted octanol–water partition coefficient (Wildman–Crippen LogP) is 2.73. The van der Waals surface area contributed by atoms with Crippen molar-refractivity contribution in [1.29, 1.82) is 0 Å². The number of benzene rings is 1. The maximum absolute atomic E-state index is 5.66. The molecular weight excluding hydrogens is 443 g/mol. The first kappa shape index (κ1) is 24.9. The van der Waals surface area contributed by atoms with E-state index in [0.29, 0.717) is 13.2 Å². The molecule has 0 fully saturated rings. The average molecular weight is 478 g/mol. The van der Waals surface area contributed by atoms with Gasteiger partial charge in [-0.1, -0.05) is 18.2 Å². The normalized spacial score (nSPS) is 11.2. The SMILES string of the molecule is CCNC(=NCc1ccccc1OCC)NCCN(C)CCCOC.I. The van der Waals surface area contributed by atoms with Gasteiger partial charge in [-0.3, -0.25) is 0 Å². The molecule has 0 aliphatic carbocycles. The number of nitrogens with zero attached hydrogens (tertiary/aromatic N) is 2. The Morgan fingerprint density at radius 3 is 2.62 bits per heavy atom. The predicted molar refractivity (Wildman–Crippen MR) is 120 cm³/mol. The molecule has 0 saturated carbocycles. The lowest BCUT2D eigenvalue weighted by Crippen LogP contribution is -2.41. The molecule has 0 aliphatic heterocycles. The summed E-state index contributed by atoms with van der Waals surface area (Å²) >= 11 is 0. The number of hydrogen-bond donors (Lipinski definition) is 2. The van der Waals surface area contributed by atoms with Gasteiger partial charge in [0.2, 0.25) is 0 Å². The first-order chi connectivity index (χ1) is 12.2. The molecule has 0 atom stereocenters. The minimum absolute atomic E-state index is 0. The molecule has 0 aromatic heterocycles. The summed E-state index contributed by atoms with van der Waals surface area (Å²) < 4.78 is 10.7. The number of para-hydroxylation sites is 1. The lowest BCUT2D eigenvalue weighted by molar-refractivity contribution is 0.180. The van der Waals surface area contributed by atoms with Crippen molar-refractivity contribution < 1.29 is 9.47 Å². The molecule has 0 amide bonds. The van der Waals surface area contributed by atoms with Gasteiger partial charge in [0.25, 0.3) is 0 Å². The molecule has 0 radical (unpaired) electrons. The van der Waals surface area contributed by atoms with Crippen molar-refractivity contribution in [3.8, 4) is 5.75 Å². The molecule has 150 valence electrons. The van der Waals surface area contributed by atoms with Crippen LogP contribution in [0.1, 0.15) is 25.8 Å². The Morgan fingerprint density at radius 2 is 1.92 bits per heavy atom. The third-order valence-electron chi connectivity index (χ3n) is 3.70. The second kappa shape index (κ2) is 16.1. The Hall–Kier alpha value is -1.06. The summed E-state index contributed by atoms with van der Waals surface area (Å²) in [4.78, 5) is 6.97. The van der Waals surface area contributed by atoms with Gasteiger partial charge < -0.3 is 25.0 Å². The van der Waals surface area contributed by atoms with E-state index in [1.54, 1.807) is 7.11 Å². The van der Waals surface area contributed by atoms with Crippen LogP contribution >= 0.6 is 24.0 Å². The summed E-state index contributed by atoms with van der Waals surface area (Å²) in [6.07, 6.45) is 1.05. The van der Waals surface area contributed by atoms with Gasteiger partial charge >= 0.3 is 0 Å². The molecule has 0 unspecified atom stereocenters. The quantitative estimate of drug-likeness (QED) is 0.210. The van der Waals surface area contributed by atoms with Gasteiger partial charge in [0.1, 0.15) is 5.75 Å². The van der Waals surface area contributed by atoms with E-state index in [1.165, 1.54) is 0 Å². The molecular formula is C19H35IN4O2. The van der Waals surface area contributed by atoms with Crippen molar-refractivity contribution in [2.24, 2.45) is 4.99 Å². The monoisotopic (exact) mass is 478 g/mol. The van der Waals surface area contributed by atoms with Crippen LogP contribution in [0.4, 0.5) is 0 Å². The van der Waals surface area contributed by atoms with E-state index >= 15 is 0 Å². The number of aliphatic imine (C=N–C) groups is 1. The Balaban J connectivity index is 0.00000625. The van der Waals surface area contributed by atoms with Crippen molar-refractivity contribution in [3.05, 3.63) is 29.8 Å². The van der Waals surface area contributed by atoms with Crippen LogP contribution in [0.5, 0.6) is 5.75 Å². The van der Waals surface area contributed by atoms with Crippen LogP contribution in [0.15, 0.2) is 29.3 Å². The lowest BCUT2D eigenvalue weighted by Gasteiger charge is -2.18. The van der Waals surface area contributed by atoms with Crippen molar-refractivity contribution in [1.82, 2.24) is 15.5 Å². The fraction of sp³-hybridized carbons (Fsp3) is 0.632. The summed E-state index contributed by atoms with van der Waals surface area (Å²) in [6, 6.07) is 8.05. The van der Waals surface area contributed by atoms with Crippen LogP contribution in [-0.4, -0.2) is 64.4 Å². The first-order valence-corrected chi connectivity index (χ1v) is 9.11. The van der Waals surface area contributed by atoms with E-state index in [1.807, 2.05) is 25.1 Å². The number of methoxy groups -OCH3 is 1. The molecule has 0 bridgehead atoms. The second-order valence-electron chi connectivity index (χ2n) is 5.81. The van der Waals surface area contributed by atoms with Crippen molar-refractivity contribution in [3.63, 3.8) is 0 Å². The maximum Gasteiger partial charge on any atom is 0.191 e. The zero-order chi connectivity index (χ0) is 18.3. The molecule has 2 N–H and O–H groups in total. The molecule has 1 aromatic rings. The third-order valence-corrected chi connectivity index (χ3v) is 3.70. The van der Waals surface area contributed by atoms with E-state index in [4.69, 9.17) is 9.47 Å². The fourth-order valence-electron chi connectivity index (χ4n) is 2.39. The molecule has 1 aromatic carbocycles. The van der Waals surface area contributed by atoms with E-state index in [2.05, 4.69) is 40.6 Å². The number of halogens is 1. The van der Waals surface area contributed by atoms with E-state index < -0.39 is 0 Å². The zero-order valence-electron chi connectivity index (χ0n) is 16.6. The van der Waals surface area contributed by atoms with E-state index in [-0.39, 0.29) is 24.0 Å². The fourth-order valence-corrected chi connectivity index (χ4v) is 2.39. The molecule has 0 heterocycles. The Labute approximate surface area is 175 Å². The molecule has 1 rings (SSSR count). The molecule has 26 heavy (non-hydrogen) atoms. The maximum atomic E-state index is 5.66. The highest BCUT2D eigenvalue weighted by atomic mass is 127. The van der Waals surface area contributed by atoms with Gasteiger partial charge in [-0.05, 0) is 33.4 Å². The van der Waals surface area contributed by atoms with Crippen LogP contribution in [-0.2, 0) is 11.3 Å². The number of hydrogen-bond acceptors (Lipinski definition) is 4. The second-order valence-corrected chi connectivity index (χ2v) is 5.81. The van der Waals surface area contributed by atoms with Gasteiger partial charge in [-0.15, -0.1) is 24.0 Å². The minimum Gasteiger partial charge on any atom is -0.494 e. The standard InChI is InChI=1S/C19H34N4O2.HI/c1-5-20-19(21-12-14-23(3)13-9-15-24-4)22-16-17-10-7-8-11-18(17)25-6-2;/h7-8,10-11H,5-6,9,12-16H2,1-4H3,(H2,20,21,22);1H. The van der Waals surface area contributed by atoms with Crippen LogP contribution in [0.3, 0.4) is 0 Å². The summed E-state index contributed by atoms with van der Waals surface area (Å²) in [6.45, 7) is 9.81. The van der Waals surface area contributed by atoms with Gasteiger partial charge in [-0.25, -0.2) is 4.99 Å². The van der Waals surface area contributed by atoms with Gasteiger partial charge in [0.05, 0.1) is 13.2 Å².